The molecular formula is C16H21NO2. The molecule has 0 radical (unpaired) electrons. The third-order valence-electron chi connectivity index (χ3n) is 4.26. The van der Waals surface area contributed by atoms with Crippen molar-refractivity contribution in [2.24, 2.45) is 11.8 Å². The summed E-state index contributed by atoms with van der Waals surface area (Å²) < 4.78 is 5.16. The van der Waals surface area contributed by atoms with E-state index in [1.54, 1.807) is 7.11 Å². The Bertz CT molecular complexity index is 464. The molecule has 2 fully saturated rings. The Kier molecular flexibility index (Phi) is 3.21. The van der Waals surface area contributed by atoms with Gasteiger partial charge in [0, 0.05) is 19.5 Å². The lowest BCUT2D eigenvalue weighted by atomic mass is 10.1. The molecule has 0 spiro atoms. The molecule has 2 atom stereocenters. The van der Waals surface area contributed by atoms with Crippen molar-refractivity contribution >= 4 is 5.91 Å². The van der Waals surface area contributed by atoms with Crippen LogP contribution < -0.4 is 4.74 Å². The Morgan fingerprint density at radius 2 is 2.00 bits per heavy atom. The summed E-state index contributed by atoms with van der Waals surface area (Å²) in [6.07, 6.45) is 3.59. The van der Waals surface area contributed by atoms with Gasteiger partial charge in [-0.3, -0.25) is 4.79 Å². The van der Waals surface area contributed by atoms with E-state index in [4.69, 9.17) is 4.74 Å². The third-order valence-corrected chi connectivity index (χ3v) is 4.26. The quantitative estimate of drug-likeness (QED) is 0.813. The first-order valence-corrected chi connectivity index (χ1v) is 7.08. The predicted octanol–water partition coefficient (Wildman–Crippen LogP) is 2.67. The van der Waals surface area contributed by atoms with Gasteiger partial charge in [-0.25, -0.2) is 0 Å². The van der Waals surface area contributed by atoms with Crippen molar-refractivity contribution in [3.63, 3.8) is 0 Å². The molecule has 0 N–H and O–H groups in total. The van der Waals surface area contributed by atoms with Crippen molar-refractivity contribution in [1.82, 2.24) is 4.90 Å². The van der Waals surface area contributed by atoms with Crippen LogP contribution in [0.15, 0.2) is 24.3 Å². The minimum Gasteiger partial charge on any atom is -0.497 e. The zero-order valence-corrected chi connectivity index (χ0v) is 11.6. The van der Waals surface area contributed by atoms with Crippen LogP contribution in [0.25, 0.3) is 0 Å². The summed E-state index contributed by atoms with van der Waals surface area (Å²) in [5, 5.41) is 0. The maximum Gasteiger partial charge on any atom is 0.226 e. The van der Waals surface area contributed by atoms with Gasteiger partial charge in [-0.15, -0.1) is 0 Å². The molecule has 1 aromatic rings. The SMILES string of the molecule is COc1ccc([C@H]2C[C@@H]2C(=O)N(C)CC2CC2)cc1. The van der Waals surface area contributed by atoms with Gasteiger partial charge in [-0.1, -0.05) is 12.1 Å². The van der Waals surface area contributed by atoms with Crippen LogP contribution in [0.3, 0.4) is 0 Å². The van der Waals surface area contributed by atoms with E-state index in [1.807, 2.05) is 24.1 Å². The van der Waals surface area contributed by atoms with Crippen LogP contribution >= 0.6 is 0 Å². The van der Waals surface area contributed by atoms with E-state index in [0.717, 1.165) is 24.6 Å². The van der Waals surface area contributed by atoms with Gasteiger partial charge in [-0.2, -0.15) is 0 Å². The van der Waals surface area contributed by atoms with Crippen LogP contribution in [0.1, 0.15) is 30.7 Å². The summed E-state index contributed by atoms with van der Waals surface area (Å²) in [5.41, 5.74) is 1.26. The van der Waals surface area contributed by atoms with Gasteiger partial charge in [0.2, 0.25) is 5.91 Å². The molecule has 0 heterocycles. The number of hydrogen-bond acceptors (Lipinski definition) is 2. The van der Waals surface area contributed by atoms with Crippen molar-refractivity contribution in [3.05, 3.63) is 29.8 Å². The van der Waals surface area contributed by atoms with E-state index >= 15 is 0 Å². The Balaban J connectivity index is 1.58. The summed E-state index contributed by atoms with van der Waals surface area (Å²) in [6, 6.07) is 8.11. The third kappa shape index (κ3) is 2.75. The van der Waals surface area contributed by atoms with E-state index in [2.05, 4.69) is 12.1 Å². The van der Waals surface area contributed by atoms with Gasteiger partial charge < -0.3 is 9.64 Å². The number of rotatable bonds is 5. The Morgan fingerprint density at radius 1 is 1.32 bits per heavy atom. The molecule has 0 saturated heterocycles. The highest BCUT2D eigenvalue weighted by Gasteiger charge is 2.45. The predicted molar refractivity (Wildman–Crippen MR) is 74.2 cm³/mol. The lowest BCUT2D eigenvalue weighted by Crippen LogP contribution is -2.30. The number of ether oxygens (including phenoxy) is 1. The molecule has 1 aromatic carbocycles. The fraction of sp³-hybridized carbons (Fsp3) is 0.562. The first kappa shape index (κ1) is 12.5. The zero-order chi connectivity index (χ0) is 13.4. The second-order valence-electron chi connectivity index (χ2n) is 5.88. The van der Waals surface area contributed by atoms with E-state index in [9.17, 15) is 4.79 Å². The molecule has 3 nitrogen and oxygen atoms in total. The summed E-state index contributed by atoms with van der Waals surface area (Å²) in [6.45, 7) is 0.949. The number of benzene rings is 1. The normalized spacial score (nSPS) is 24.9. The van der Waals surface area contributed by atoms with Gasteiger partial charge in [-0.05, 0) is 48.8 Å². The fourth-order valence-corrected chi connectivity index (χ4v) is 2.75. The number of carbonyl (C=O) groups excluding carboxylic acids is 1. The second kappa shape index (κ2) is 4.87. The van der Waals surface area contributed by atoms with E-state index in [1.165, 1.54) is 18.4 Å². The Morgan fingerprint density at radius 3 is 2.58 bits per heavy atom. The number of methoxy groups -OCH3 is 1. The minimum absolute atomic E-state index is 0.206. The van der Waals surface area contributed by atoms with Gasteiger partial charge in [0.25, 0.3) is 0 Å². The molecule has 1 amide bonds. The number of amides is 1. The van der Waals surface area contributed by atoms with Crippen molar-refractivity contribution in [2.75, 3.05) is 20.7 Å². The standard InChI is InChI=1S/C16H21NO2/c1-17(10-11-3-4-11)16(18)15-9-14(15)12-5-7-13(19-2)8-6-12/h5-8,11,14-15H,3-4,9-10H2,1-2H3/t14-,15+/m1/s1. The van der Waals surface area contributed by atoms with Crippen molar-refractivity contribution in [1.29, 1.82) is 0 Å². The lowest BCUT2D eigenvalue weighted by Gasteiger charge is -2.16. The summed E-state index contributed by atoms with van der Waals surface area (Å²) in [7, 11) is 3.62. The molecule has 3 heteroatoms. The second-order valence-corrected chi connectivity index (χ2v) is 5.88. The van der Waals surface area contributed by atoms with Crippen LogP contribution in [0.5, 0.6) is 5.75 Å². The summed E-state index contributed by atoms with van der Waals surface area (Å²) in [5.74, 6) is 2.59. The van der Waals surface area contributed by atoms with Crippen LogP contribution in [0.4, 0.5) is 0 Å². The first-order valence-electron chi connectivity index (χ1n) is 7.08. The van der Waals surface area contributed by atoms with E-state index in [-0.39, 0.29) is 5.92 Å². The molecule has 19 heavy (non-hydrogen) atoms. The van der Waals surface area contributed by atoms with Crippen LogP contribution in [0, 0.1) is 11.8 Å². The van der Waals surface area contributed by atoms with Crippen molar-refractivity contribution in [2.45, 2.75) is 25.2 Å². The number of hydrogen-bond donors (Lipinski definition) is 0. The van der Waals surface area contributed by atoms with Crippen LogP contribution in [0.2, 0.25) is 0 Å². The summed E-state index contributed by atoms with van der Waals surface area (Å²) >= 11 is 0. The molecule has 2 saturated carbocycles. The number of carbonyl (C=O) groups is 1. The lowest BCUT2D eigenvalue weighted by molar-refractivity contribution is -0.131. The maximum atomic E-state index is 12.3. The summed E-state index contributed by atoms with van der Waals surface area (Å²) in [4.78, 5) is 14.2. The number of nitrogens with zero attached hydrogens (tertiary/aromatic N) is 1. The molecule has 0 bridgehead atoms. The Labute approximate surface area is 114 Å². The van der Waals surface area contributed by atoms with Gasteiger partial charge in [0.05, 0.1) is 7.11 Å². The minimum atomic E-state index is 0.206. The topological polar surface area (TPSA) is 29.5 Å². The molecule has 0 aliphatic heterocycles. The van der Waals surface area contributed by atoms with Crippen LogP contribution in [-0.4, -0.2) is 31.5 Å². The molecular weight excluding hydrogens is 238 g/mol. The van der Waals surface area contributed by atoms with E-state index < -0.39 is 0 Å². The van der Waals surface area contributed by atoms with Gasteiger partial charge in [0.1, 0.15) is 5.75 Å². The Hall–Kier alpha value is -1.51. The first-order chi connectivity index (χ1) is 9.19. The average molecular weight is 259 g/mol. The maximum absolute atomic E-state index is 12.3. The fourth-order valence-electron chi connectivity index (χ4n) is 2.75. The molecule has 3 rings (SSSR count). The van der Waals surface area contributed by atoms with Gasteiger partial charge >= 0.3 is 0 Å². The molecule has 2 aliphatic carbocycles. The van der Waals surface area contributed by atoms with Gasteiger partial charge in [0.15, 0.2) is 0 Å². The average Bonchev–Trinajstić information content (AvgIpc) is 3.32. The molecule has 2 aliphatic rings. The largest absolute Gasteiger partial charge is 0.497 e. The molecule has 0 aromatic heterocycles. The smallest absolute Gasteiger partial charge is 0.226 e. The molecule has 102 valence electrons. The van der Waals surface area contributed by atoms with E-state index in [0.29, 0.717) is 11.8 Å². The monoisotopic (exact) mass is 259 g/mol. The van der Waals surface area contributed by atoms with Crippen molar-refractivity contribution in [3.8, 4) is 5.75 Å². The molecule has 0 unspecified atom stereocenters. The highest BCUT2D eigenvalue weighted by atomic mass is 16.5. The van der Waals surface area contributed by atoms with Crippen LogP contribution in [-0.2, 0) is 4.79 Å². The van der Waals surface area contributed by atoms with Crippen molar-refractivity contribution < 1.29 is 9.53 Å². The highest BCUT2D eigenvalue weighted by molar-refractivity contribution is 5.82. The zero-order valence-electron chi connectivity index (χ0n) is 11.6. The highest BCUT2D eigenvalue weighted by Crippen LogP contribution is 2.48.